The Bertz CT molecular complexity index is 509. The van der Waals surface area contributed by atoms with Gasteiger partial charge in [0.15, 0.2) is 10.8 Å². The summed E-state index contributed by atoms with van der Waals surface area (Å²) in [5.74, 6) is 1.08. The lowest BCUT2D eigenvalue weighted by atomic mass is 10.3. The molecule has 2 aromatic rings. The molecular weight excluding hydrogens is 234 g/mol. The summed E-state index contributed by atoms with van der Waals surface area (Å²) in [6, 6.07) is 0. The van der Waals surface area contributed by atoms with Gasteiger partial charge in [0, 0.05) is 44.3 Å². The number of anilines is 1. The minimum absolute atomic E-state index is 0.541. The van der Waals surface area contributed by atoms with E-state index in [9.17, 15) is 0 Å². The number of likely N-dealkylation sites (N-methyl/N-ethyl adjacent to an activating group) is 1. The van der Waals surface area contributed by atoms with Crippen LogP contribution in [0.1, 0.15) is 5.69 Å². The highest BCUT2D eigenvalue weighted by Crippen LogP contribution is 2.25. The Morgan fingerprint density at radius 1 is 1.35 bits per heavy atom. The molecule has 6 heteroatoms. The van der Waals surface area contributed by atoms with Crippen LogP contribution < -0.4 is 10.6 Å². The Kier molecular flexibility index (Phi) is 2.78. The van der Waals surface area contributed by atoms with E-state index in [4.69, 9.17) is 10.7 Å². The van der Waals surface area contributed by atoms with Crippen molar-refractivity contribution in [1.29, 1.82) is 0 Å². The summed E-state index contributed by atoms with van der Waals surface area (Å²) in [5.41, 5.74) is 6.99. The van der Waals surface area contributed by atoms with E-state index in [1.807, 2.05) is 0 Å². The van der Waals surface area contributed by atoms with Crippen molar-refractivity contribution in [3.8, 4) is 0 Å². The quantitative estimate of drug-likeness (QED) is 0.849. The third kappa shape index (κ3) is 1.82. The number of rotatable bonds is 2. The van der Waals surface area contributed by atoms with E-state index in [1.165, 1.54) is 0 Å². The maximum Gasteiger partial charge on any atom is 0.195 e. The highest BCUT2D eigenvalue weighted by atomic mass is 32.1. The highest BCUT2D eigenvalue weighted by Gasteiger charge is 2.21. The van der Waals surface area contributed by atoms with Gasteiger partial charge in [-0.2, -0.15) is 0 Å². The predicted molar refractivity (Wildman–Crippen MR) is 70.7 cm³/mol. The van der Waals surface area contributed by atoms with Crippen LogP contribution in [0.4, 0.5) is 5.82 Å². The Morgan fingerprint density at radius 3 is 2.82 bits per heavy atom. The molecule has 0 saturated carbocycles. The van der Waals surface area contributed by atoms with E-state index in [2.05, 4.69) is 32.8 Å². The van der Waals surface area contributed by atoms with E-state index in [0.29, 0.717) is 6.54 Å². The first kappa shape index (κ1) is 11.0. The summed E-state index contributed by atoms with van der Waals surface area (Å²) in [4.78, 5) is 10.4. The van der Waals surface area contributed by atoms with Crippen LogP contribution in [0.15, 0.2) is 11.6 Å². The summed E-state index contributed by atoms with van der Waals surface area (Å²) in [6.07, 6.45) is 2.05. The van der Waals surface area contributed by atoms with Crippen LogP contribution in [0.5, 0.6) is 0 Å². The van der Waals surface area contributed by atoms with Crippen molar-refractivity contribution in [3.63, 3.8) is 0 Å². The minimum Gasteiger partial charge on any atom is -0.352 e. The van der Waals surface area contributed by atoms with Crippen molar-refractivity contribution in [3.05, 3.63) is 17.3 Å². The Morgan fingerprint density at radius 2 is 2.12 bits per heavy atom. The molecule has 2 aromatic heterocycles. The maximum atomic E-state index is 5.86. The largest absolute Gasteiger partial charge is 0.352 e. The monoisotopic (exact) mass is 251 g/mol. The van der Waals surface area contributed by atoms with Gasteiger partial charge in [0.25, 0.3) is 0 Å². The lowest BCUT2D eigenvalue weighted by Gasteiger charge is -2.33. The van der Waals surface area contributed by atoms with Gasteiger partial charge in [-0.25, -0.2) is 4.98 Å². The fraction of sp³-hybridized carbons (Fsp3) is 0.545. The van der Waals surface area contributed by atoms with Gasteiger partial charge in [0.1, 0.15) is 0 Å². The number of aromatic nitrogens is 2. The van der Waals surface area contributed by atoms with E-state index in [-0.39, 0.29) is 0 Å². The predicted octanol–water partition coefficient (Wildman–Crippen LogP) is 0.606. The van der Waals surface area contributed by atoms with E-state index >= 15 is 0 Å². The second kappa shape index (κ2) is 4.29. The molecule has 0 spiro atoms. The molecular formula is C11H17N5S. The van der Waals surface area contributed by atoms with Crippen LogP contribution in [0.2, 0.25) is 0 Å². The Balaban J connectivity index is 1.96. The first-order chi connectivity index (χ1) is 8.29. The van der Waals surface area contributed by atoms with Gasteiger partial charge >= 0.3 is 0 Å². The lowest BCUT2D eigenvalue weighted by Crippen LogP contribution is -2.45. The Hall–Kier alpha value is -1.11. The SMILES string of the molecule is CN1CCN(c2nc3sccn3c2CN)CC1. The molecule has 17 heavy (non-hydrogen) atoms. The summed E-state index contributed by atoms with van der Waals surface area (Å²) < 4.78 is 2.11. The van der Waals surface area contributed by atoms with Gasteiger partial charge < -0.3 is 15.5 Å². The van der Waals surface area contributed by atoms with E-state index in [1.54, 1.807) is 11.3 Å². The summed E-state index contributed by atoms with van der Waals surface area (Å²) in [6.45, 7) is 4.80. The molecule has 1 saturated heterocycles. The number of hydrogen-bond donors (Lipinski definition) is 1. The standard InChI is InChI=1S/C11H17N5S/c1-14-2-4-15(5-3-14)10-9(8-12)16-6-7-17-11(16)13-10/h6-7H,2-5,8,12H2,1H3. The molecule has 92 valence electrons. The first-order valence-electron chi connectivity index (χ1n) is 5.87. The molecule has 0 unspecified atom stereocenters. The molecule has 3 rings (SSSR count). The van der Waals surface area contributed by atoms with Gasteiger partial charge in [0.05, 0.1) is 5.69 Å². The molecule has 1 aliphatic heterocycles. The number of nitrogens with zero attached hydrogens (tertiary/aromatic N) is 4. The number of fused-ring (bicyclic) bond motifs is 1. The molecule has 0 amide bonds. The van der Waals surface area contributed by atoms with E-state index in [0.717, 1.165) is 42.7 Å². The molecule has 2 N–H and O–H groups in total. The second-order valence-corrected chi connectivity index (χ2v) is 5.31. The third-order valence-corrected chi connectivity index (χ3v) is 4.09. The average Bonchev–Trinajstić information content (AvgIpc) is 2.89. The van der Waals surface area contributed by atoms with Gasteiger partial charge in [-0.3, -0.25) is 4.40 Å². The number of imidazole rings is 1. The van der Waals surface area contributed by atoms with E-state index < -0.39 is 0 Å². The smallest absolute Gasteiger partial charge is 0.195 e. The molecule has 0 radical (unpaired) electrons. The normalized spacial score (nSPS) is 18.1. The van der Waals surface area contributed by atoms with Crippen molar-refractivity contribution in [2.75, 3.05) is 38.1 Å². The molecule has 0 atom stereocenters. The zero-order chi connectivity index (χ0) is 11.8. The molecule has 0 aliphatic carbocycles. The summed E-state index contributed by atoms with van der Waals surface area (Å²) >= 11 is 1.66. The minimum atomic E-state index is 0.541. The van der Waals surface area contributed by atoms with Crippen molar-refractivity contribution < 1.29 is 0 Å². The highest BCUT2D eigenvalue weighted by molar-refractivity contribution is 7.15. The van der Waals surface area contributed by atoms with Gasteiger partial charge in [-0.1, -0.05) is 0 Å². The summed E-state index contributed by atoms with van der Waals surface area (Å²) in [5, 5.41) is 2.05. The molecule has 5 nitrogen and oxygen atoms in total. The maximum absolute atomic E-state index is 5.86. The third-order valence-electron chi connectivity index (χ3n) is 3.34. The number of thiazole rings is 1. The van der Waals surface area contributed by atoms with Crippen LogP contribution in [0, 0.1) is 0 Å². The second-order valence-electron chi connectivity index (χ2n) is 4.43. The fourth-order valence-corrected chi connectivity index (χ4v) is 3.01. The van der Waals surface area contributed by atoms with Crippen LogP contribution in [0.25, 0.3) is 4.96 Å². The van der Waals surface area contributed by atoms with Gasteiger partial charge in [-0.15, -0.1) is 11.3 Å². The number of piperazine rings is 1. The molecule has 1 aliphatic rings. The zero-order valence-corrected chi connectivity index (χ0v) is 10.8. The topological polar surface area (TPSA) is 49.8 Å². The van der Waals surface area contributed by atoms with Gasteiger partial charge in [0.2, 0.25) is 0 Å². The van der Waals surface area contributed by atoms with Gasteiger partial charge in [-0.05, 0) is 7.05 Å². The zero-order valence-electron chi connectivity index (χ0n) is 9.96. The van der Waals surface area contributed by atoms with Crippen molar-refractivity contribution in [1.82, 2.24) is 14.3 Å². The van der Waals surface area contributed by atoms with Crippen LogP contribution >= 0.6 is 11.3 Å². The fourth-order valence-electron chi connectivity index (χ4n) is 2.28. The molecule has 3 heterocycles. The number of nitrogens with two attached hydrogens (primary N) is 1. The first-order valence-corrected chi connectivity index (χ1v) is 6.75. The average molecular weight is 251 g/mol. The molecule has 0 aromatic carbocycles. The van der Waals surface area contributed by atoms with Crippen LogP contribution in [0.3, 0.4) is 0 Å². The van der Waals surface area contributed by atoms with Crippen LogP contribution in [-0.2, 0) is 6.54 Å². The Labute approximate surface area is 104 Å². The molecule has 1 fully saturated rings. The van der Waals surface area contributed by atoms with Crippen molar-refractivity contribution >= 4 is 22.1 Å². The molecule has 0 bridgehead atoms. The summed E-state index contributed by atoms with van der Waals surface area (Å²) in [7, 11) is 2.16. The van der Waals surface area contributed by atoms with Crippen molar-refractivity contribution in [2.24, 2.45) is 5.73 Å². The van der Waals surface area contributed by atoms with Crippen molar-refractivity contribution in [2.45, 2.75) is 6.54 Å². The number of hydrogen-bond acceptors (Lipinski definition) is 5. The van der Waals surface area contributed by atoms with Crippen LogP contribution in [-0.4, -0.2) is 47.5 Å². The lowest BCUT2D eigenvalue weighted by molar-refractivity contribution is 0.312.